The molecule has 0 atom stereocenters. The summed E-state index contributed by atoms with van der Waals surface area (Å²) in [4.78, 5) is 22.4. The van der Waals surface area contributed by atoms with Gasteiger partial charge in [0.25, 0.3) is 0 Å². The summed E-state index contributed by atoms with van der Waals surface area (Å²) >= 11 is 0. The van der Waals surface area contributed by atoms with Gasteiger partial charge in [-0.1, -0.05) is 6.58 Å². The van der Waals surface area contributed by atoms with E-state index in [0.717, 1.165) is 25.7 Å². The number of unbranched alkanes of at least 4 members (excludes halogenated alkanes) is 3. The van der Waals surface area contributed by atoms with Gasteiger partial charge in [-0.3, -0.25) is 0 Å². The van der Waals surface area contributed by atoms with Gasteiger partial charge >= 0.3 is 11.9 Å². The van der Waals surface area contributed by atoms with Crippen LogP contribution in [-0.2, 0) is 9.47 Å². The van der Waals surface area contributed by atoms with Crippen LogP contribution >= 0.6 is 0 Å². The van der Waals surface area contributed by atoms with Crippen molar-refractivity contribution in [3.63, 3.8) is 0 Å². The van der Waals surface area contributed by atoms with Gasteiger partial charge < -0.3 is 14.6 Å². The Bertz CT molecular complexity index is 464. The van der Waals surface area contributed by atoms with Gasteiger partial charge in [0.2, 0.25) is 0 Å². The Hall–Kier alpha value is -2.30. The molecule has 0 aliphatic rings. The molecule has 0 aromatic heterocycles. The predicted octanol–water partition coefficient (Wildman–Crippen LogP) is 3.26. The molecule has 0 heterocycles. The summed E-state index contributed by atoms with van der Waals surface area (Å²) in [5.41, 5.74) is 0.507. The van der Waals surface area contributed by atoms with Gasteiger partial charge in [0.05, 0.1) is 30.6 Å². The number of benzene rings is 1. The third-order valence-electron chi connectivity index (χ3n) is 2.88. The molecule has 1 aromatic rings. The third kappa shape index (κ3) is 6.61. The van der Waals surface area contributed by atoms with Crippen LogP contribution in [0, 0.1) is 0 Å². The Morgan fingerprint density at radius 2 is 1.57 bits per heavy atom. The third-order valence-corrected chi connectivity index (χ3v) is 2.88. The summed E-state index contributed by atoms with van der Waals surface area (Å²) in [6.07, 6.45) is 5.16. The zero-order valence-corrected chi connectivity index (χ0v) is 11.9. The maximum absolute atomic E-state index is 11.7. The highest BCUT2D eigenvalue weighted by molar-refractivity contribution is 5.92. The van der Waals surface area contributed by atoms with Gasteiger partial charge in [0.15, 0.2) is 0 Å². The van der Waals surface area contributed by atoms with E-state index in [9.17, 15) is 9.59 Å². The molecular formula is C16H20O5. The summed E-state index contributed by atoms with van der Waals surface area (Å²) < 4.78 is 10.1. The number of carboxylic acid groups (broad SMARTS) is 1. The molecule has 0 bridgehead atoms. The molecule has 1 rings (SSSR count). The van der Waals surface area contributed by atoms with Crippen LogP contribution in [0.3, 0.4) is 0 Å². The van der Waals surface area contributed by atoms with E-state index in [0.29, 0.717) is 18.8 Å². The SMILES string of the molecule is C=COCCCCCCOC(=O)c1ccc(C(=O)O)cc1. The van der Waals surface area contributed by atoms with Crippen molar-refractivity contribution in [2.75, 3.05) is 13.2 Å². The Balaban J connectivity index is 2.18. The van der Waals surface area contributed by atoms with Crippen LogP contribution in [0.5, 0.6) is 0 Å². The van der Waals surface area contributed by atoms with Crippen LogP contribution < -0.4 is 0 Å². The maximum Gasteiger partial charge on any atom is 0.338 e. The van der Waals surface area contributed by atoms with Crippen molar-refractivity contribution in [1.29, 1.82) is 0 Å². The lowest BCUT2D eigenvalue weighted by molar-refractivity contribution is 0.0496. The highest BCUT2D eigenvalue weighted by atomic mass is 16.5. The summed E-state index contributed by atoms with van der Waals surface area (Å²) in [6.45, 7) is 4.49. The average Bonchev–Trinajstić information content (AvgIpc) is 2.49. The van der Waals surface area contributed by atoms with Gasteiger partial charge in [-0.25, -0.2) is 9.59 Å². The Morgan fingerprint density at radius 1 is 1.00 bits per heavy atom. The lowest BCUT2D eigenvalue weighted by atomic mass is 10.1. The molecule has 0 spiro atoms. The zero-order valence-electron chi connectivity index (χ0n) is 11.9. The van der Waals surface area contributed by atoms with Crippen LogP contribution in [0.15, 0.2) is 37.1 Å². The second-order valence-electron chi connectivity index (χ2n) is 4.47. The van der Waals surface area contributed by atoms with Crippen molar-refractivity contribution in [2.45, 2.75) is 25.7 Å². The topological polar surface area (TPSA) is 72.8 Å². The molecule has 114 valence electrons. The number of aromatic carboxylic acids is 1. The van der Waals surface area contributed by atoms with Crippen molar-refractivity contribution < 1.29 is 24.2 Å². The lowest BCUT2D eigenvalue weighted by Gasteiger charge is -2.05. The van der Waals surface area contributed by atoms with Crippen LogP contribution in [0.4, 0.5) is 0 Å². The summed E-state index contributed by atoms with van der Waals surface area (Å²) in [6, 6.07) is 5.69. The van der Waals surface area contributed by atoms with Crippen molar-refractivity contribution in [2.24, 2.45) is 0 Å². The maximum atomic E-state index is 11.7. The molecule has 0 saturated carbocycles. The van der Waals surface area contributed by atoms with Crippen molar-refractivity contribution in [3.8, 4) is 0 Å². The molecule has 5 nitrogen and oxygen atoms in total. The first-order valence-electron chi connectivity index (χ1n) is 6.88. The number of hydrogen-bond acceptors (Lipinski definition) is 4. The minimum atomic E-state index is -1.02. The van der Waals surface area contributed by atoms with E-state index in [1.165, 1.54) is 30.5 Å². The monoisotopic (exact) mass is 292 g/mol. The van der Waals surface area contributed by atoms with Gasteiger partial charge in [-0.2, -0.15) is 0 Å². The first kappa shape index (κ1) is 16.8. The fourth-order valence-corrected chi connectivity index (χ4v) is 1.72. The molecule has 1 aromatic carbocycles. The molecule has 0 amide bonds. The normalized spacial score (nSPS) is 9.90. The van der Waals surface area contributed by atoms with E-state index in [-0.39, 0.29) is 5.56 Å². The van der Waals surface area contributed by atoms with E-state index in [1.807, 2.05) is 0 Å². The standard InChI is InChI=1S/C16H20O5/c1-2-20-11-5-3-4-6-12-21-16(19)14-9-7-13(8-10-14)15(17)18/h2,7-10H,1,3-6,11-12H2,(H,17,18). The van der Waals surface area contributed by atoms with E-state index >= 15 is 0 Å². The van der Waals surface area contributed by atoms with E-state index < -0.39 is 11.9 Å². The number of esters is 1. The molecule has 1 N–H and O–H groups in total. The van der Waals surface area contributed by atoms with Gasteiger partial charge in [0, 0.05) is 0 Å². The molecule has 0 aliphatic heterocycles. The van der Waals surface area contributed by atoms with E-state index in [4.69, 9.17) is 14.6 Å². The van der Waals surface area contributed by atoms with Crippen LogP contribution in [0.2, 0.25) is 0 Å². The lowest BCUT2D eigenvalue weighted by Crippen LogP contribution is -2.07. The summed E-state index contributed by atoms with van der Waals surface area (Å²) in [7, 11) is 0. The van der Waals surface area contributed by atoms with Crippen molar-refractivity contribution in [3.05, 3.63) is 48.2 Å². The Morgan fingerprint density at radius 3 is 2.14 bits per heavy atom. The quantitative estimate of drug-likeness (QED) is 0.407. The van der Waals surface area contributed by atoms with E-state index in [1.54, 1.807) is 0 Å². The Labute approximate surface area is 124 Å². The largest absolute Gasteiger partial charge is 0.502 e. The summed E-state index contributed by atoms with van der Waals surface area (Å²) in [5.74, 6) is -1.45. The highest BCUT2D eigenvalue weighted by Crippen LogP contribution is 2.07. The number of ether oxygens (including phenoxy) is 2. The van der Waals surface area contributed by atoms with Crippen molar-refractivity contribution >= 4 is 11.9 Å². The first-order valence-corrected chi connectivity index (χ1v) is 6.88. The first-order chi connectivity index (χ1) is 10.1. The molecule has 0 aliphatic carbocycles. The minimum Gasteiger partial charge on any atom is -0.502 e. The average molecular weight is 292 g/mol. The molecule has 5 heteroatoms. The number of hydrogen-bond donors (Lipinski definition) is 1. The zero-order chi connectivity index (χ0) is 15.5. The summed E-state index contributed by atoms with van der Waals surface area (Å²) in [5, 5.41) is 8.76. The minimum absolute atomic E-state index is 0.147. The molecular weight excluding hydrogens is 272 g/mol. The Kier molecular flexibility index (Phi) is 7.64. The van der Waals surface area contributed by atoms with Crippen LogP contribution in [-0.4, -0.2) is 30.3 Å². The van der Waals surface area contributed by atoms with Gasteiger partial charge in [-0.05, 0) is 49.9 Å². The molecule has 21 heavy (non-hydrogen) atoms. The number of carbonyl (C=O) groups is 2. The van der Waals surface area contributed by atoms with Gasteiger partial charge in [0.1, 0.15) is 0 Å². The van der Waals surface area contributed by atoms with E-state index in [2.05, 4.69) is 6.58 Å². The smallest absolute Gasteiger partial charge is 0.338 e. The van der Waals surface area contributed by atoms with Crippen molar-refractivity contribution in [1.82, 2.24) is 0 Å². The molecule has 0 unspecified atom stereocenters. The van der Waals surface area contributed by atoms with Crippen LogP contribution in [0.25, 0.3) is 0 Å². The molecule has 0 saturated heterocycles. The predicted molar refractivity (Wildman–Crippen MR) is 78.3 cm³/mol. The van der Waals surface area contributed by atoms with Gasteiger partial charge in [-0.15, -0.1) is 0 Å². The number of rotatable bonds is 10. The second-order valence-corrected chi connectivity index (χ2v) is 4.47. The second kappa shape index (κ2) is 9.58. The number of carbonyl (C=O) groups excluding carboxylic acids is 1. The highest BCUT2D eigenvalue weighted by Gasteiger charge is 2.08. The molecule has 0 radical (unpaired) electrons. The van der Waals surface area contributed by atoms with Crippen LogP contribution in [0.1, 0.15) is 46.4 Å². The fraction of sp³-hybridized carbons (Fsp3) is 0.375. The molecule has 0 fully saturated rings. The fourth-order valence-electron chi connectivity index (χ4n) is 1.72. The number of carboxylic acids is 1.